The number of carbonyl (C=O) groups is 3. The minimum absolute atomic E-state index is 0.103. The largest absolute Gasteiger partial charge is 0.469 e. The number of rotatable bonds is 5. The van der Waals surface area contributed by atoms with Crippen LogP contribution in [0.15, 0.2) is 0 Å². The Morgan fingerprint density at radius 2 is 2.06 bits per heavy atom. The topological polar surface area (TPSA) is 63.7 Å². The van der Waals surface area contributed by atoms with E-state index in [4.69, 9.17) is 0 Å². The molecule has 1 fully saturated rings. The van der Waals surface area contributed by atoms with Gasteiger partial charge in [0.15, 0.2) is 0 Å². The normalized spacial score (nSPS) is 21.6. The van der Waals surface area contributed by atoms with E-state index in [0.717, 1.165) is 0 Å². The van der Waals surface area contributed by atoms with Gasteiger partial charge >= 0.3 is 5.97 Å². The summed E-state index contributed by atoms with van der Waals surface area (Å²) in [7, 11) is 1.34. The predicted octanol–water partition coefficient (Wildman–Crippen LogP) is 1.06. The second kappa shape index (κ2) is 6.22. The molecule has 2 amide bonds. The summed E-state index contributed by atoms with van der Waals surface area (Å²) in [5, 5.41) is -0.355. The third-order valence-electron chi connectivity index (χ3n) is 2.81. The monoisotopic (exact) mass is 273 g/mol. The number of methoxy groups -OCH3 is 1. The molecular formula is C12H19NO4S. The molecule has 2 atom stereocenters. The van der Waals surface area contributed by atoms with Gasteiger partial charge in [0.1, 0.15) is 0 Å². The second-order valence-electron chi connectivity index (χ2n) is 4.65. The average Bonchev–Trinajstić information content (AvgIpc) is 2.60. The molecule has 1 saturated heterocycles. The Morgan fingerprint density at radius 3 is 2.50 bits per heavy atom. The van der Waals surface area contributed by atoms with E-state index >= 15 is 0 Å². The SMILES string of the molecule is COC(=O)C(C)CSC1CC(=O)N(C(C)C)C1=O. The van der Waals surface area contributed by atoms with Crippen LogP contribution in [-0.4, -0.2) is 46.8 Å². The van der Waals surface area contributed by atoms with E-state index in [1.54, 1.807) is 6.92 Å². The van der Waals surface area contributed by atoms with Crippen LogP contribution in [0.5, 0.6) is 0 Å². The van der Waals surface area contributed by atoms with Gasteiger partial charge in [-0.15, -0.1) is 11.8 Å². The molecule has 1 heterocycles. The maximum atomic E-state index is 12.0. The van der Waals surface area contributed by atoms with Crippen molar-refractivity contribution in [3.05, 3.63) is 0 Å². The van der Waals surface area contributed by atoms with Crippen molar-refractivity contribution in [2.24, 2.45) is 5.92 Å². The maximum Gasteiger partial charge on any atom is 0.309 e. The Morgan fingerprint density at radius 1 is 1.44 bits per heavy atom. The predicted molar refractivity (Wildman–Crippen MR) is 69.0 cm³/mol. The summed E-state index contributed by atoms with van der Waals surface area (Å²) in [5.41, 5.74) is 0. The summed E-state index contributed by atoms with van der Waals surface area (Å²) in [4.78, 5) is 36.2. The van der Waals surface area contributed by atoms with Crippen LogP contribution in [0.1, 0.15) is 27.2 Å². The van der Waals surface area contributed by atoms with Gasteiger partial charge in [-0.25, -0.2) is 0 Å². The number of esters is 1. The van der Waals surface area contributed by atoms with Gasteiger partial charge in [0.25, 0.3) is 0 Å². The molecule has 0 bridgehead atoms. The van der Waals surface area contributed by atoms with Crippen molar-refractivity contribution in [2.75, 3.05) is 12.9 Å². The first-order valence-corrected chi connectivity index (χ1v) is 6.98. The van der Waals surface area contributed by atoms with E-state index in [-0.39, 0.29) is 41.4 Å². The number of carbonyl (C=O) groups excluding carboxylic acids is 3. The van der Waals surface area contributed by atoms with Crippen molar-refractivity contribution in [2.45, 2.75) is 38.5 Å². The number of thioether (sulfide) groups is 1. The third kappa shape index (κ3) is 3.25. The number of amides is 2. The minimum atomic E-state index is -0.355. The molecule has 6 heteroatoms. The molecule has 102 valence electrons. The number of nitrogens with zero attached hydrogens (tertiary/aromatic N) is 1. The van der Waals surface area contributed by atoms with E-state index < -0.39 is 0 Å². The van der Waals surface area contributed by atoms with Gasteiger partial charge in [-0.05, 0) is 13.8 Å². The van der Waals surface area contributed by atoms with Crippen LogP contribution in [0.4, 0.5) is 0 Å². The summed E-state index contributed by atoms with van der Waals surface area (Å²) >= 11 is 1.36. The fourth-order valence-electron chi connectivity index (χ4n) is 1.82. The first kappa shape index (κ1) is 15.0. The van der Waals surface area contributed by atoms with Crippen LogP contribution < -0.4 is 0 Å². The van der Waals surface area contributed by atoms with E-state index in [0.29, 0.717) is 5.75 Å². The van der Waals surface area contributed by atoms with Gasteiger partial charge in [0.2, 0.25) is 11.8 Å². The fourth-order valence-corrected chi connectivity index (χ4v) is 3.00. The standard InChI is InChI=1S/C12H19NO4S/c1-7(2)13-10(14)5-9(11(13)15)18-6-8(3)12(16)17-4/h7-9H,5-6H2,1-4H3. The van der Waals surface area contributed by atoms with Gasteiger partial charge in [0.05, 0.1) is 18.3 Å². The van der Waals surface area contributed by atoms with Crippen LogP contribution in [0.25, 0.3) is 0 Å². The van der Waals surface area contributed by atoms with Crippen LogP contribution in [-0.2, 0) is 19.1 Å². The Labute approximate surface area is 111 Å². The zero-order chi connectivity index (χ0) is 13.9. The zero-order valence-corrected chi connectivity index (χ0v) is 12.0. The highest BCUT2D eigenvalue weighted by Crippen LogP contribution is 2.28. The van der Waals surface area contributed by atoms with E-state index in [9.17, 15) is 14.4 Å². The number of imide groups is 1. The van der Waals surface area contributed by atoms with Crippen molar-refractivity contribution >= 4 is 29.5 Å². The molecule has 0 aromatic carbocycles. The molecule has 0 radical (unpaired) electrons. The van der Waals surface area contributed by atoms with Gasteiger partial charge in [0, 0.05) is 18.2 Å². The van der Waals surface area contributed by atoms with Crippen LogP contribution in [0, 0.1) is 5.92 Å². The molecule has 2 unspecified atom stereocenters. The van der Waals surface area contributed by atoms with E-state index in [2.05, 4.69) is 4.74 Å². The molecule has 5 nitrogen and oxygen atoms in total. The smallest absolute Gasteiger partial charge is 0.309 e. The molecule has 0 aliphatic carbocycles. The molecule has 0 saturated carbocycles. The van der Waals surface area contributed by atoms with E-state index in [1.807, 2.05) is 13.8 Å². The van der Waals surface area contributed by atoms with E-state index in [1.165, 1.54) is 23.8 Å². The summed E-state index contributed by atoms with van der Waals surface area (Å²) < 4.78 is 4.62. The van der Waals surface area contributed by atoms with Crippen LogP contribution in [0.3, 0.4) is 0 Å². The van der Waals surface area contributed by atoms with Gasteiger partial charge < -0.3 is 4.74 Å². The van der Waals surface area contributed by atoms with Crippen molar-refractivity contribution in [1.82, 2.24) is 4.90 Å². The van der Waals surface area contributed by atoms with Gasteiger partial charge in [-0.3, -0.25) is 19.3 Å². The molecule has 0 aromatic rings. The van der Waals surface area contributed by atoms with Crippen LogP contribution in [0.2, 0.25) is 0 Å². The minimum Gasteiger partial charge on any atom is -0.469 e. The highest BCUT2D eigenvalue weighted by molar-refractivity contribution is 8.00. The average molecular weight is 273 g/mol. The molecule has 18 heavy (non-hydrogen) atoms. The third-order valence-corrected chi connectivity index (χ3v) is 4.27. The zero-order valence-electron chi connectivity index (χ0n) is 11.1. The highest BCUT2D eigenvalue weighted by atomic mass is 32.2. The second-order valence-corrected chi connectivity index (χ2v) is 5.88. The first-order chi connectivity index (χ1) is 8.38. The Hall–Kier alpha value is -1.04. The molecule has 1 aliphatic rings. The number of hydrogen-bond acceptors (Lipinski definition) is 5. The lowest BCUT2D eigenvalue weighted by molar-refractivity contribution is -0.144. The lowest BCUT2D eigenvalue weighted by Gasteiger charge is -2.19. The summed E-state index contributed by atoms with van der Waals surface area (Å²) in [6, 6.07) is -0.103. The molecule has 1 rings (SSSR count). The maximum absolute atomic E-state index is 12.0. The molecule has 0 aromatic heterocycles. The Kier molecular flexibility index (Phi) is 5.19. The summed E-state index contributed by atoms with van der Waals surface area (Å²) in [6.07, 6.45) is 0.232. The Bertz CT molecular complexity index is 356. The van der Waals surface area contributed by atoms with Gasteiger partial charge in [-0.1, -0.05) is 6.92 Å². The van der Waals surface area contributed by atoms with Crippen molar-refractivity contribution in [3.63, 3.8) is 0 Å². The van der Waals surface area contributed by atoms with Crippen LogP contribution >= 0.6 is 11.8 Å². The van der Waals surface area contributed by atoms with Crippen molar-refractivity contribution in [3.8, 4) is 0 Å². The fraction of sp³-hybridized carbons (Fsp3) is 0.750. The first-order valence-electron chi connectivity index (χ1n) is 5.93. The molecule has 0 N–H and O–H groups in total. The summed E-state index contributed by atoms with van der Waals surface area (Å²) in [6.45, 7) is 5.39. The number of ether oxygens (including phenoxy) is 1. The molecule has 0 spiro atoms. The highest BCUT2D eigenvalue weighted by Gasteiger charge is 2.40. The lowest BCUT2D eigenvalue weighted by atomic mass is 10.2. The lowest BCUT2D eigenvalue weighted by Crippen LogP contribution is -2.37. The van der Waals surface area contributed by atoms with Crippen molar-refractivity contribution < 1.29 is 19.1 Å². The number of likely N-dealkylation sites (tertiary alicyclic amines) is 1. The Balaban J connectivity index is 2.53. The quantitative estimate of drug-likeness (QED) is 0.554. The molecule has 1 aliphatic heterocycles. The van der Waals surface area contributed by atoms with Gasteiger partial charge in [-0.2, -0.15) is 0 Å². The number of hydrogen-bond donors (Lipinski definition) is 0. The summed E-state index contributed by atoms with van der Waals surface area (Å²) in [5.74, 6) is -0.339. The van der Waals surface area contributed by atoms with Crippen molar-refractivity contribution in [1.29, 1.82) is 0 Å². The molecular weight excluding hydrogens is 254 g/mol.